The smallest absolute Gasteiger partial charge is 0.118 e. The third-order valence-electron chi connectivity index (χ3n) is 5.89. The molecule has 1 atom stereocenters. The molecule has 174 valence electrons. The van der Waals surface area contributed by atoms with Gasteiger partial charge < -0.3 is 4.74 Å². The average Bonchev–Trinajstić information content (AvgIpc) is 3.33. The fourth-order valence-corrected chi connectivity index (χ4v) is 5.23. The summed E-state index contributed by atoms with van der Waals surface area (Å²) in [6, 6.07) is 33.6. The Kier molecular flexibility index (Phi) is 6.55. The Bertz CT molecular complexity index is 1510. The molecule has 1 aromatic heterocycles. The number of aryl methyl sites for hydroxylation is 1. The van der Waals surface area contributed by atoms with Crippen LogP contribution >= 0.6 is 0 Å². The van der Waals surface area contributed by atoms with Crippen molar-refractivity contribution in [3.05, 3.63) is 120 Å². The summed E-state index contributed by atoms with van der Waals surface area (Å²) in [6.45, 7) is 2.06. The third-order valence-corrected chi connectivity index (χ3v) is 7.24. The first kappa shape index (κ1) is 22.7. The molecule has 0 amide bonds. The van der Waals surface area contributed by atoms with E-state index < -0.39 is 10.8 Å². The van der Waals surface area contributed by atoms with Gasteiger partial charge in [-0.3, -0.25) is 4.21 Å². The third kappa shape index (κ3) is 4.79. The zero-order valence-electron chi connectivity index (χ0n) is 19.6. The van der Waals surface area contributed by atoms with Crippen LogP contribution in [0, 0.1) is 6.92 Å². The number of para-hydroxylation sites is 1. The Hall–Kier alpha value is -4.03. The highest BCUT2D eigenvalue weighted by atomic mass is 32.2. The van der Waals surface area contributed by atoms with Crippen LogP contribution in [-0.2, 0) is 10.8 Å². The summed E-state index contributed by atoms with van der Waals surface area (Å²) < 4.78 is 20.8. The topological polar surface area (TPSA) is 57.0 Å². The van der Waals surface area contributed by atoms with E-state index in [0.717, 1.165) is 49.6 Å². The molecule has 0 radical (unpaired) electrons. The van der Waals surface area contributed by atoms with Crippen molar-refractivity contribution < 1.29 is 8.95 Å². The predicted molar refractivity (Wildman–Crippen MR) is 142 cm³/mol. The Labute approximate surface area is 207 Å². The molecule has 0 saturated heterocycles. The summed E-state index contributed by atoms with van der Waals surface area (Å²) in [4.78, 5) is 0.787. The molecule has 5 rings (SSSR count). The van der Waals surface area contributed by atoms with Gasteiger partial charge in [0.05, 0.1) is 34.9 Å². The lowest BCUT2D eigenvalue weighted by Crippen LogP contribution is -2.10. The normalized spacial score (nSPS) is 12.9. The van der Waals surface area contributed by atoms with Crippen molar-refractivity contribution in [2.75, 3.05) is 12.9 Å². The monoisotopic (exact) mass is 479 g/mol. The zero-order chi connectivity index (χ0) is 24.2. The Morgan fingerprint density at radius 3 is 2.20 bits per heavy atom. The highest BCUT2D eigenvalue weighted by Gasteiger charge is 2.20. The Balaban J connectivity index is 1.78. The summed E-state index contributed by atoms with van der Waals surface area (Å²) in [7, 11) is 0.391. The number of hydrogen-bond acceptors (Lipinski definition) is 4. The molecule has 0 saturated carbocycles. The number of methoxy groups -OCH3 is 1. The lowest BCUT2D eigenvalue weighted by Gasteiger charge is -2.18. The summed E-state index contributed by atoms with van der Waals surface area (Å²) >= 11 is 0. The average molecular weight is 480 g/mol. The van der Waals surface area contributed by atoms with E-state index in [4.69, 9.17) is 4.74 Å². The van der Waals surface area contributed by atoms with E-state index in [1.807, 2.05) is 83.5 Å². The van der Waals surface area contributed by atoms with E-state index in [0.29, 0.717) is 5.75 Å². The second kappa shape index (κ2) is 10.1. The van der Waals surface area contributed by atoms with Crippen LogP contribution in [0.5, 0.6) is 5.75 Å². The molecular formula is C29H25N3O2S. The van der Waals surface area contributed by atoms with E-state index in [-0.39, 0.29) is 0 Å². The highest BCUT2D eigenvalue weighted by Crippen LogP contribution is 2.32. The van der Waals surface area contributed by atoms with Gasteiger partial charge in [-0.15, -0.1) is 5.10 Å². The van der Waals surface area contributed by atoms with E-state index in [2.05, 4.69) is 41.5 Å². The molecule has 4 aromatic carbocycles. The zero-order valence-corrected chi connectivity index (χ0v) is 20.4. The summed E-state index contributed by atoms with van der Waals surface area (Å²) in [5.74, 6) is 1.09. The number of benzene rings is 4. The van der Waals surface area contributed by atoms with Crippen molar-refractivity contribution in [3.8, 4) is 5.75 Å². The van der Waals surface area contributed by atoms with Gasteiger partial charge in [-0.25, -0.2) is 4.68 Å². The van der Waals surface area contributed by atoms with Crippen LogP contribution in [0.1, 0.15) is 16.7 Å². The van der Waals surface area contributed by atoms with Crippen LogP contribution in [-0.4, -0.2) is 32.1 Å². The van der Waals surface area contributed by atoms with Crippen molar-refractivity contribution in [2.24, 2.45) is 0 Å². The van der Waals surface area contributed by atoms with Crippen LogP contribution in [0.3, 0.4) is 0 Å². The second-order valence-electron chi connectivity index (χ2n) is 8.21. The first-order valence-electron chi connectivity index (χ1n) is 11.3. The SMILES string of the molecule is COc1ccc(/C(=C(/CS(=O)c2ccccc2)c2ccc(C)cc2)n2nnc3ccccc32)cc1. The maximum atomic E-state index is 13.6. The molecule has 0 fully saturated rings. The van der Waals surface area contributed by atoms with Crippen molar-refractivity contribution >= 4 is 33.1 Å². The van der Waals surface area contributed by atoms with E-state index in [1.165, 1.54) is 0 Å². The molecule has 0 aliphatic heterocycles. The van der Waals surface area contributed by atoms with Crippen LogP contribution in [0.4, 0.5) is 0 Å². The number of fused-ring (bicyclic) bond motifs is 1. The van der Waals surface area contributed by atoms with Crippen molar-refractivity contribution in [1.82, 2.24) is 15.0 Å². The van der Waals surface area contributed by atoms with Crippen molar-refractivity contribution in [2.45, 2.75) is 11.8 Å². The molecule has 0 aliphatic rings. The number of ether oxygens (including phenoxy) is 1. The molecular weight excluding hydrogens is 454 g/mol. The lowest BCUT2D eigenvalue weighted by molar-refractivity contribution is 0.415. The standard InChI is InChI=1S/C29H25N3O2S/c1-21-12-14-22(15-13-21)26(20-35(33)25-8-4-3-5-9-25)29(23-16-18-24(34-2)19-17-23)32-28-11-7-6-10-27(28)30-31-32/h3-19H,20H2,1-2H3/b29-26+. The molecule has 6 heteroatoms. The molecule has 1 unspecified atom stereocenters. The van der Waals surface area contributed by atoms with Gasteiger partial charge in [0.15, 0.2) is 0 Å². The summed E-state index contributed by atoms with van der Waals surface area (Å²) in [5.41, 5.74) is 6.53. The number of rotatable bonds is 7. The molecule has 0 spiro atoms. The maximum Gasteiger partial charge on any atom is 0.118 e. The number of aromatic nitrogens is 3. The number of hydrogen-bond donors (Lipinski definition) is 0. The van der Waals surface area contributed by atoms with Crippen molar-refractivity contribution in [1.29, 1.82) is 0 Å². The van der Waals surface area contributed by atoms with Crippen LogP contribution in [0.15, 0.2) is 108 Å². The fourth-order valence-electron chi connectivity index (χ4n) is 4.04. The first-order chi connectivity index (χ1) is 17.1. The molecule has 0 aliphatic carbocycles. The molecule has 0 N–H and O–H groups in total. The fraction of sp³-hybridized carbons (Fsp3) is 0.103. The second-order valence-corrected chi connectivity index (χ2v) is 9.67. The molecule has 5 nitrogen and oxygen atoms in total. The Morgan fingerprint density at radius 1 is 0.829 bits per heavy atom. The molecule has 0 bridgehead atoms. The van der Waals surface area contributed by atoms with Gasteiger partial charge in [-0.05, 0) is 66.6 Å². The predicted octanol–water partition coefficient (Wildman–Crippen LogP) is 5.97. The van der Waals surface area contributed by atoms with Crippen LogP contribution in [0.2, 0.25) is 0 Å². The quantitative estimate of drug-likeness (QED) is 0.270. The maximum absolute atomic E-state index is 13.6. The van der Waals surface area contributed by atoms with Crippen LogP contribution < -0.4 is 4.74 Å². The van der Waals surface area contributed by atoms with Gasteiger partial charge >= 0.3 is 0 Å². The largest absolute Gasteiger partial charge is 0.497 e. The molecule has 5 aromatic rings. The van der Waals surface area contributed by atoms with Gasteiger partial charge in [-0.1, -0.05) is 65.4 Å². The van der Waals surface area contributed by atoms with Crippen molar-refractivity contribution in [3.63, 3.8) is 0 Å². The van der Waals surface area contributed by atoms with Gasteiger partial charge in [0.1, 0.15) is 11.3 Å². The van der Waals surface area contributed by atoms with Crippen LogP contribution in [0.25, 0.3) is 22.3 Å². The first-order valence-corrected chi connectivity index (χ1v) is 12.6. The van der Waals surface area contributed by atoms with Gasteiger partial charge in [0.2, 0.25) is 0 Å². The van der Waals surface area contributed by atoms with E-state index in [9.17, 15) is 4.21 Å². The minimum absolute atomic E-state index is 0.322. The van der Waals surface area contributed by atoms with E-state index >= 15 is 0 Å². The molecule has 35 heavy (non-hydrogen) atoms. The highest BCUT2D eigenvalue weighted by molar-refractivity contribution is 7.85. The van der Waals surface area contributed by atoms with Gasteiger partial charge in [0.25, 0.3) is 0 Å². The minimum Gasteiger partial charge on any atom is -0.497 e. The Morgan fingerprint density at radius 2 is 1.49 bits per heavy atom. The number of nitrogens with zero attached hydrogens (tertiary/aromatic N) is 3. The summed E-state index contributed by atoms with van der Waals surface area (Å²) in [6.07, 6.45) is 0. The molecule has 1 heterocycles. The van der Waals surface area contributed by atoms with Gasteiger partial charge in [0, 0.05) is 10.5 Å². The summed E-state index contributed by atoms with van der Waals surface area (Å²) in [5, 5.41) is 8.94. The lowest BCUT2D eigenvalue weighted by atomic mass is 9.99. The van der Waals surface area contributed by atoms with Gasteiger partial charge in [-0.2, -0.15) is 0 Å². The van der Waals surface area contributed by atoms with E-state index in [1.54, 1.807) is 7.11 Å². The minimum atomic E-state index is -1.26.